The van der Waals surface area contributed by atoms with E-state index in [0.29, 0.717) is 26.0 Å². The number of hydrogen-bond acceptors (Lipinski definition) is 4. The van der Waals surface area contributed by atoms with Gasteiger partial charge in [0.05, 0.1) is 6.04 Å². The number of aliphatic carboxylic acids is 1. The highest BCUT2D eigenvalue weighted by atomic mass is 16.5. The molecule has 0 aliphatic heterocycles. The molecule has 0 aromatic carbocycles. The van der Waals surface area contributed by atoms with Gasteiger partial charge in [0.25, 0.3) is 0 Å². The Morgan fingerprint density at radius 1 is 1.35 bits per heavy atom. The molecule has 0 spiro atoms. The Bertz CT molecular complexity index is 306. The summed E-state index contributed by atoms with van der Waals surface area (Å²) in [5, 5.41) is 11.5. The highest BCUT2D eigenvalue weighted by molar-refractivity contribution is 5.81. The van der Waals surface area contributed by atoms with Crippen molar-refractivity contribution in [1.29, 1.82) is 0 Å². The lowest BCUT2D eigenvalue weighted by Crippen LogP contribution is -2.41. The molecule has 0 saturated heterocycles. The lowest BCUT2D eigenvalue weighted by Gasteiger charge is -2.24. The zero-order valence-electron chi connectivity index (χ0n) is 12.8. The third kappa shape index (κ3) is 9.75. The van der Waals surface area contributed by atoms with Crippen molar-refractivity contribution in [2.45, 2.75) is 52.0 Å². The van der Waals surface area contributed by atoms with Crippen LogP contribution in [-0.4, -0.2) is 43.3 Å². The van der Waals surface area contributed by atoms with Crippen LogP contribution in [0.3, 0.4) is 0 Å². The Hall–Kier alpha value is -1.14. The molecule has 1 amide bonds. The summed E-state index contributed by atoms with van der Waals surface area (Å²) < 4.78 is 4.91. The highest BCUT2D eigenvalue weighted by Gasteiger charge is 2.20. The van der Waals surface area contributed by atoms with Crippen LogP contribution in [0.15, 0.2) is 0 Å². The van der Waals surface area contributed by atoms with Gasteiger partial charge in [-0.15, -0.1) is 0 Å². The van der Waals surface area contributed by atoms with Gasteiger partial charge >= 0.3 is 5.97 Å². The molecule has 118 valence electrons. The number of hydrogen-bond donors (Lipinski definition) is 3. The van der Waals surface area contributed by atoms with E-state index < -0.39 is 12.0 Å². The molecular formula is C14H28N2O4. The monoisotopic (exact) mass is 288 g/mol. The molecule has 0 bridgehead atoms. The van der Waals surface area contributed by atoms with Crippen LogP contribution in [-0.2, 0) is 14.3 Å². The van der Waals surface area contributed by atoms with E-state index in [1.165, 1.54) is 0 Å². The second-order valence-corrected chi connectivity index (χ2v) is 5.84. The molecule has 4 N–H and O–H groups in total. The predicted molar refractivity (Wildman–Crippen MR) is 77.4 cm³/mol. The van der Waals surface area contributed by atoms with E-state index in [9.17, 15) is 9.59 Å². The molecule has 0 rings (SSSR count). The Balaban J connectivity index is 3.86. The molecule has 0 aromatic heterocycles. The smallest absolute Gasteiger partial charge is 0.303 e. The summed E-state index contributed by atoms with van der Waals surface area (Å²) in [6.45, 7) is 5.12. The molecular weight excluding hydrogens is 260 g/mol. The second-order valence-electron chi connectivity index (χ2n) is 5.84. The van der Waals surface area contributed by atoms with Crippen LogP contribution in [0.1, 0.15) is 46.0 Å². The molecule has 6 nitrogen and oxygen atoms in total. The Kier molecular flexibility index (Phi) is 9.16. The van der Waals surface area contributed by atoms with Crippen LogP contribution in [0.25, 0.3) is 0 Å². The Morgan fingerprint density at radius 3 is 2.55 bits per heavy atom. The van der Waals surface area contributed by atoms with E-state index in [2.05, 4.69) is 5.32 Å². The third-order valence-corrected chi connectivity index (χ3v) is 3.32. The highest BCUT2D eigenvalue weighted by Crippen LogP contribution is 2.25. The topological polar surface area (TPSA) is 102 Å². The van der Waals surface area contributed by atoms with Crippen molar-refractivity contribution >= 4 is 11.9 Å². The number of nitrogens with one attached hydrogen (secondary N) is 1. The average molecular weight is 288 g/mol. The van der Waals surface area contributed by atoms with Crippen LogP contribution < -0.4 is 11.1 Å². The molecule has 0 fully saturated rings. The molecule has 20 heavy (non-hydrogen) atoms. The van der Waals surface area contributed by atoms with E-state index >= 15 is 0 Å². The van der Waals surface area contributed by atoms with Crippen molar-refractivity contribution in [2.24, 2.45) is 11.1 Å². The summed E-state index contributed by atoms with van der Waals surface area (Å²) in [5.41, 5.74) is 5.66. The first-order valence-electron chi connectivity index (χ1n) is 7.02. The van der Waals surface area contributed by atoms with Crippen molar-refractivity contribution in [2.75, 3.05) is 20.3 Å². The number of carbonyl (C=O) groups excluding carboxylic acids is 1. The molecule has 0 aromatic rings. The Labute approximate surface area is 121 Å². The van der Waals surface area contributed by atoms with Crippen LogP contribution in [0, 0.1) is 5.41 Å². The fourth-order valence-corrected chi connectivity index (χ4v) is 1.80. The molecule has 1 unspecified atom stereocenters. The SMILES string of the molecule is COCCCC(N)C(=O)NCCC(C)(C)CCC(=O)O. The van der Waals surface area contributed by atoms with E-state index in [0.717, 1.165) is 12.8 Å². The van der Waals surface area contributed by atoms with Gasteiger partial charge in [0.1, 0.15) is 0 Å². The van der Waals surface area contributed by atoms with Crippen molar-refractivity contribution in [1.82, 2.24) is 5.32 Å². The fourth-order valence-electron chi connectivity index (χ4n) is 1.80. The van der Waals surface area contributed by atoms with Gasteiger partial charge in [0, 0.05) is 26.7 Å². The van der Waals surface area contributed by atoms with Crippen LogP contribution in [0.4, 0.5) is 0 Å². The summed E-state index contributed by atoms with van der Waals surface area (Å²) in [5.74, 6) is -0.947. The maximum Gasteiger partial charge on any atom is 0.303 e. The van der Waals surface area contributed by atoms with Crippen molar-refractivity contribution in [3.63, 3.8) is 0 Å². The second kappa shape index (κ2) is 9.72. The molecule has 0 radical (unpaired) electrons. The van der Waals surface area contributed by atoms with E-state index in [-0.39, 0.29) is 17.7 Å². The van der Waals surface area contributed by atoms with E-state index in [1.807, 2.05) is 13.8 Å². The normalized spacial score (nSPS) is 13.0. The summed E-state index contributed by atoms with van der Waals surface area (Å²) >= 11 is 0. The number of carboxylic acid groups (broad SMARTS) is 1. The maximum absolute atomic E-state index is 11.7. The number of amides is 1. The maximum atomic E-state index is 11.7. The van der Waals surface area contributed by atoms with Gasteiger partial charge in [0.2, 0.25) is 5.91 Å². The summed E-state index contributed by atoms with van der Waals surface area (Å²) in [4.78, 5) is 22.3. The van der Waals surface area contributed by atoms with Gasteiger partial charge in [0.15, 0.2) is 0 Å². The standard InChI is InChI=1S/C14H28N2O4/c1-14(2,7-6-12(17)18)8-9-16-13(19)11(15)5-4-10-20-3/h11H,4-10,15H2,1-3H3,(H,16,19)(H,17,18). The number of methoxy groups -OCH3 is 1. The zero-order chi connectivity index (χ0) is 15.6. The van der Waals surface area contributed by atoms with E-state index in [4.69, 9.17) is 15.6 Å². The number of rotatable bonds is 11. The summed E-state index contributed by atoms with van der Waals surface area (Å²) in [6.07, 6.45) is 2.84. The lowest BCUT2D eigenvalue weighted by atomic mass is 9.84. The van der Waals surface area contributed by atoms with Crippen molar-refractivity contribution in [3.05, 3.63) is 0 Å². The minimum absolute atomic E-state index is 0.105. The third-order valence-electron chi connectivity index (χ3n) is 3.32. The first-order chi connectivity index (χ1) is 9.28. The summed E-state index contributed by atoms with van der Waals surface area (Å²) in [6, 6.07) is -0.507. The average Bonchev–Trinajstić information content (AvgIpc) is 2.36. The lowest BCUT2D eigenvalue weighted by molar-refractivity contribution is -0.137. The molecule has 1 atom stereocenters. The van der Waals surface area contributed by atoms with Gasteiger partial charge in [-0.25, -0.2) is 0 Å². The fraction of sp³-hybridized carbons (Fsp3) is 0.857. The number of nitrogens with two attached hydrogens (primary N) is 1. The molecule has 0 saturated carbocycles. The van der Waals surface area contributed by atoms with Gasteiger partial charge in [-0.3, -0.25) is 9.59 Å². The summed E-state index contributed by atoms with van der Waals surface area (Å²) in [7, 11) is 1.62. The molecule has 0 heterocycles. The molecule has 6 heteroatoms. The molecule has 0 aliphatic rings. The predicted octanol–water partition coefficient (Wildman–Crippen LogP) is 1.14. The first kappa shape index (κ1) is 18.9. The van der Waals surface area contributed by atoms with Crippen LogP contribution in [0.2, 0.25) is 0 Å². The minimum Gasteiger partial charge on any atom is -0.481 e. The van der Waals surface area contributed by atoms with Gasteiger partial charge < -0.3 is 20.9 Å². The van der Waals surface area contributed by atoms with Crippen molar-refractivity contribution < 1.29 is 19.4 Å². The van der Waals surface area contributed by atoms with Crippen LogP contribution >= 0.6 is 0 Å². The number of ether oxygens (including phenoxy) is 1. The van der Waals surface area contributed by atoms with E-state index in [1.54, 1.807) is 7.11 Å². The largest absolute Gasteiger partial charge is 0.481 e. The Morgan fingerprint density at radius 2 is 2.00 bits per heavy atom. The van der Waals surface area contributed by atoms with Gasteiger partial charge in [-0.1, -0.05) is 13.8 Å². The van der Waals surface area contributed by atoms with Gasteiger partial charge in [-0.05, 0) is 31.1 Å². The van der Waals surface area contributed by atoms with Gasteiger partial charge in [-0.2, -0.15) is 0 Å². The number of carbonyl (C=O) groups is 2. The van der Waals surface area contributed by atoms with Crippen molar-refractivity contribution in [3.8, 4) is 0 Å². The van der Waals surface area contributed by atoms with Crippen LogP contribution in [0.5, 0.6) is 0 Å². The number of carboxylic acids is 1. The molecule has 0 aliphatic carbocycles. The minimum atomic E-state index is -0.790. The quantitative estimate of drug-likeness (QED) is 0.495. The first-order valence-corrected chi connectivity index (χ1v) is 7.02. The zero-order valence-corrected chi connectivity index (χ0v) is 12.8.